The molecule has 0 fully saturated rings. The molecule has 1 aromatic carbocycles. The lowest BCUT2D eigenvalue weighted by Gasteiger charge is -2.26. The summed E-state index contributed by atoms with van der Waals surface area (Å²) in [6, 6.07) is 4.23. The number of terminal acetylenes is 1. The fourth-order valence-electron chi connectivity index (χ4n) is 1.78. The van der Waals surface area contributed by atoms with Gasteiger partial charge in [0.15, 0.2) is 0 Å². The molecule has 0 saturated heterocycles. The van der Waals surface area contributed by atoms with Crippen molar-refractivity contribution in [3.05, 3.63) is 35.4 Å². The minimum Gasteiger partial charge on any atom is -0.480 e. The van der Waals surface area contributed by atoms with Crippen molar-refractivity contribution >= 4 is 5.97 Å². The molecule has 1 aromatic rings. The fourth-order valence-corrected chi connectivity index (χ4v) is 1.78. The van der Waals surface area contributed by atoms with Crippen molar-refractivity contribution in [1.82, 2.24) is 4.90 Å². The van der Waals surface area contributed by atoms with Crippen LogP contribution in [-0.2, 0) is 11.0 Å². The van der Waals surface area contributed by atoms with Gasteiger partial charge in [-0.3, -0.25) is 9.69 Å². The molecule has 1 N–H and O–H groups in total. The Kier molecular flexibility index (Phi) is 5.17. The minimum absolute atomic E-state index is 0.106. The third-order valence-electron chi connectivity index (χ3n) is 2.90. The summed E-state index contributed by atoms with van der Waals surface area (Å²) in [5.41, 5.74) is -0.162. The third kappa shape index (κ3) is 4.28. The summed E-state index contributed by atoms with van der Waals surface area (Å²) < 4.78 is 37.4. The summed E-state index contributed by atoms with van der Waals surface area (Å²) in [7, 11) is 0. The van der Waals surface area contributed by atoms with E-state index in [1.807, 2.05) is 0 Å². The Hall–Kier alpha value is -2.00. The number of halogens is 3. The summed E-state index contributed by atoms with van der Waals surface area (Å²) in [6.07, 6.45) is 0.781. The summed E-state index contributed by atoms with van der Waals surface area (Å²) in [4.78, 5) is 12.2. The van der Waals surface area contributed by atoms with E-state index in [4.69, 9.17) is 11.5 Å². The number of aliphatic carboxylic acids is 1. The highest BCUT2D eigenvalue weighted by Crippen LogP contribution is 2.30. The molecule has 0 aliphatic carbocycles. The Morgan fingerprint density at radius 2 is 1.95 bits per heavy atom. The fraction of sp³-hybridized carbons (Fsp3) is 0.357. The maximum Gasteiger partial charge on any atom is 0.416 e. The number of carbonyl (C=O) groups is 1. The van der Waals surface area contributed by atoms with Crippen LogP contribution in [0.3, 0.4) is 0 Å². The molecule has 1 atom stereocenters. The molecule has 108 valence electrons. The number of benzene rings is 1. The van der Waals surface area contributed by atoms with Gasteiger partial charge in [0.05, 0.1) is 18.7 Å². The van der Waals surface area contributed by atoms with Crippen LogP contribution in [0, 0.1) is 12.3 Å². The van der Waals surface area contributed by atoms with Gasteiger partial charge < -0.3 is 5.11 Å². The van der Waals surface area contributed by atoms with Gasteiger partial charge in [0.1, 0.15) is 0 Å². The zero-order valence-electron chi connectivity index (χ0n) is 10.8. The van der Waals surface area contributed by atoms with Crippen LogP contribution in [0.2, 0.25) is 0 Å². The second-order valence-electron chi connectivity index (χ2n) is 4.30. The topological polar surface area (TPSA) is 40.5 Å². The van der Waals surface area contributed by atoms with Crippen LogP contribution in [-0.4, -0.2) is 29.1 Å². The minimum atomic E-state index is -4.39. The Morgan fingerprint density at radius 1 is 1.40 bits per heavy atom. The van der Waals surface area contributed by atoms with Crippen molar-refractivity contribution in [1.29, 1.82) is 0 Å². The summed E-state index contributed by atoms with van der Waals surface area (Å²) >= 11 is 0. The quantitative estimate of drug-likeness (QED) is 0.846. The molecule has 0 amide bonds. The number of alkyl halides is 3. The second kappa shape index (κ2) is 6.44. The molecule has 3 nitrogen and oxygen atoms in total. The van der Waals surface area contributed by atoms with Crippen molar-refractivity contribution in [2.24, 2.45) is 0 Å². The molecular formula is C14H14F3NO2. The van der Waals surface area contributed by atoms with Gasteiger partial charge in [-0.15, -0.1) is 6.42 Å². The molecule has 0 aliphatic rings. The van der Waals surface area contributed by atoms with Gasteiger partial charge >= 0.3 is 12.1 Å². The van der Waals surface area contributed by atoms with Crippen molar-refractivity contribution in [2.75, 3.05) is 13.1 Å². The predicted molar refractivity (Wildman–Crippen MR) is 67.9 cm³/mol. The number of carboxylic acids is 1. The van der Waals surface area contributed by atoms with Gasteiger partial charge in [-0.25, -0.2) is 0 Å². The number of hydrogen-bond acceptors (Lipinski definition) is 2. The molecule has 0 saturated carbocycles. The lowest BCUT2D eigenvalue weighted by molar-refractivity contribution is -0.139. The monoisotopic (exact) mass is 285 g/mol. The van der Waals surface area contributed by atoms with Crippen molar-refractivity contribution in [3.8, 4) is 12.3 Å². The van der Waals surface area contributed by atoms with Crippen LogP contribution >= 0.6 is 0 Å². The molecule has 0 aliphatic heterocycles. The van der Waals surface area contributed by atoms with E-state index in [1.54, 1.807) is 6.92 Å². The van der Waals surface area contributed by atoms with E-state index in [0.717, 1.165) is 12.1 Å². The van der Waals surface area contributed by atoms with Gasteiger partial charge in [-0.05, 0) is 24.6 Å². The number of carboxylic acid groups (broad SMARTS) is 1. The van der Waals surface area contributed by atoms with E-state index in [2.05, 4.69) is 5.92 Å². The van der Waals surface area contributed by atoms with Gasteiger partial charge in [-0.1, -0.05) is 18.1 Å². The highest BCUT2D eigenvalue weighted by Gasteiger charge is 2.30. The second-order valence-corrected chi connectivity index (χ2v) is 4.30. The Morgan fingerprint density at radius 3 is 2.35 bits per heavy atom. The Labute approximate surface area is 115 Å². The van der Waals surface area contributed by atoms with E-state index in [1.165, 1.54) is 17.0 Å². The van der Waals surface area contributed by atoms with Crippen LogP contribution in [0.25, 0.3) is 0 Å². The van der Waals surface area contributed by atoms with E-state index >= 15 is 0 Å². The van der Waals surface area contributed by atoms with Crippen molar-refractivity contribution < 1.29 is 23.1 Å². The first-order chi connectivity index (χ1) is 9.25. The first-order valence-electron chi connectivity index (χ1n) is 5.82. The molecule has 6 heteroatoms. The maximum atomic E-state index is 12.5. The molecule has 1 rings (SSSR count). The van der Waals surface area contributed by atoms with Crippen molar-refractivity contribution in [2.45, 2.75) is 19.1 Å². The highest BCUT2D eigenvalue weighted by molar-refractivity contribution is 5.69. The smallest absolute Gasteiger partial charge is 0.416 e. The standard InChI is InChI=1S/C14H14F3NO2/c1-3-8-18(9-13(19)20)10(2)11-4-6-12(7-5-11)14(15,16)17/h1,4-7,10H,8-9H2,2H3,(H,19,20). The zero-order valence-corrected chi connectivity index (χ0v) is 10.8. The summed E-state index contributed by atoms with van der Waals surface area (Å²) in [6.45, 7) is 1.53. The third-order valence-corrected chi connectivity index (χ3v) is 2.90. The molecule has 0 spiro atoms. The van der Waals surface area contributed by atoms with E-state index < -0.39 is 17.7 Å². The lowest BCUT2D eigenvalue weighted by atomic mass is 10.0. The van der Waals surface area contributed by atoms with Crippen LogP contribution in [0.5, 0.6) is 0 Å². The molecule has 0 heterocycles. The van der Waals surface area contributed by atoms with E-state index in [-0.39, 0.29) is 19.1 Å². The average Bonchev–Trinajstić information content (AvgIpc) is 2.36. The maximum absolute atomic E-state index is 12.5. The first-order valence-corrected chi connectivity index (χ1v) is 5.82. The molecule has 0 aromatic heterocycles. The van der Waals surface area contributed by atoms with E-state index in [0.29, 0.717) is 5.56 Å². The number of rotatable bonds is 5. The highest BCUT2D eigenvalue weighted by atomic mass is 19.4. The SMILES string of the molecule is C#CCN(CC(=O)O)C(C)c1ccc(C(F)(F)F)cc1. The van der Waals surface area contributed by atoms with Crippen LogP contribution in [0.4, 0.5) is 13.2 Å². The largest absolute Gasteiger partial charge is 0.480 e. The molecule has 20 heavy (non-hydrogen) atoms. The van der Waals surface area contributed by atoms with Gasteiger partial charge in [0.2, 0.25) is 0 Å². The zero-order chi connectivity index (χ0) is 15.3. The molecule has 0 radical (unpaired) electrons. The number of nitrogens with zero attached hydrogens (tertiary/aromatic N) is 1. The number of hydrogen-bond donors (Lipinski definition) is 1. The Balaban J connectivity index is 2.92. The molecule has 1 unspecified atom stereocenters. The summed E-state index contributed by atoms with van der Waals surface area (Å²) in [5, 5.41) is 8.80. The van der Waals surface area contributed by atoms with Gasteiger partial charge in [-0.2, -0.15) is 13.2 Å². The predicted octanol–water partition coefficient (Wildman–Crippen LogP) is 2.79. The normalized spacial score (nSPS) is 13.0. The van der Waals surface area contributed by atoms with E-state index in [9.17, 15) is 18.0 Å². The van der Waals surface area contributed by atoms with Gasteiger partial charge in [0, 0.05) is 6.04 Å². The van der Waals surface area contributed by atoms with Crippen molar-refractivity contribution in [3.63, 3.8) is 0 Å². The summed E-state index contributed by atoms with van der Waals surface area (Å²) in [5.74, 6) is 1.30. The lowest BCUT2D eigenvalue weighted by Crippen LogP contribution is -2.32. The average molecular weight is 285 g/mol. The van der Waals surface area contributed by atoms with Gasteiger partial charge in [0.25, 0.3) is 0 Å². The van der Waals surface area contributed by atoms with Crippen LogP contribution in [0.15, 0.2) is 24.3 Å². The molecule has 0 bridgehead atoms. The Bertz CT molecular complexity index is 503. The van der Waals surface area contributed by atoms with Crippen LogP contribution < -0.4 is 0 Å². The molecular weight excluding hydrogens is 271 g/mol. The van der Waals surface area contributed by atoms with Crippen LogP contribution in [0.1, 0.15) is 24.1 Å². The first kappa shape index (κ1) is 16.1.